The van der Waals surface area contributed by atoms with Crippen LogP contribution in [0.3, 0.4) is 0 Å². The number of carbonyl (C=O) groups is 1. The van der Waals surface area contributed by atoms with Gasteiger partial charge in [-0.05, 0) is 0 Å². The Balaban J connectivity index is 2.47. The Morgan fingerprint density at radius 2 is 2.60 bits per heavy atom. The summed E-state index contributed by atoms with van der Waals surface area (Å²) in [4.78, 5) is 13.9. The summed E-state index contributed by atoms with van der Waals surface area (Å²) in [5.74, 6) is 0.0155. The third-order valence-electron chi connectivity index (χ3n) is 1.17. The third kappa shape index (κ3) is 1.65. The average molecular weight is 139 g/mol. The average Bonchev–Trinajstić information content (AvgIpc) is 2.40. The summed E-state index contributed by atoms with van der Waals surface area (Å²) in [6.45, 7) is 2.46. The molecule has 0 aromatic carbocycles. The van der Waals surface area contributed by atoms with E-state index >= 15 is 0 Å². The zero-order valence-electron chi connectivity index (χ0n) is 5.77. The maximum Gasteiger partial charge on any atom is 0.137 e. The Bertz CT molecular complexity index is 195. The fraction of sp³-hybridized carbons (Fsp3) is 0.500. The van der Waals surface area contributed by atoms with Gasteiger partial charge in [0.15, 0.2) is 0 Å². The second kappa shape index (κ2) is 3.10. The first-order chi connectivity index (χ1) is 4.83. The molecule has 1 rings (SSSR count). The van der Waals surface area contributed by atoms with Gasteiger partial charge in [0.25, 0.3) is 0 Å². The Morgan fingerprint density at radius 3 is 3.10 bits per heavy atom. The van der Waals surface area contributed by atoms with Crippen LogP contribution < -0.4 is 0 Å². The van der Waals surface area contributed by atoms with Gasteiger partial charge < -0.3 is 4.79 Å². The molecule has 0 bridgehead atoms. The highest BCUT2D eigenvalue weighted by Crippen LogP contribution is 1.92. The largest absolute Gasteiger partial charge is 0.303 e. The summed E-state index contributed by atoms with van der Waals surface area (Å²) in [6, 6.07) is 0. The van der Waals surface area contributed by atoms with Crippen molar-refractivity contribution in [1.29, 1.82) is 0 Å². The minimum atomic E-state index is 0.0155. The van der Waals surface area contributed by atoms with Crippen LogP contribution in [0.25, 0.3) is 0 Å². The van der Waals surface area contributed by atoms with Crippen molar-refractivity contribution >= 4 is 6.29 Å². The number of nitrogens with zero attached hydrogens (tertiary/aromatic N) is 3. The zero-order valence-corrected chi connectivity index (χ0v) is 5.77. The normalized spacial score (nSPS) is 12.9. The van der Waals surface area contributed by atoms with Gasteiger partial charge in [0.2, 0.25) is 0 Å². The van der Waals surface area contributed by atoms with Crippen LogP contribution >= 0.6 is 0 Å². The molecule has 0 aliphatic rings. The van der Waals surface area contributed by atoms with Gasteiger partial charge in [0, 0.05) is 5.92 Å². The highest BCUT2D eigenvalue weighted by atomic mass is 16.1. The lowest BCUT2D eigenvalue weighted by atomic mass is 10.2. The first-order valence-corrected chi connectivity index (χ1v) is 3.10. The first-order valence-electron chi connectivity index (χ1n) is 3.10. The molecule has 1 atom stereocenters. The van der Waals surface area contributed by atoms with E-state index in [1.165, 1.54) is 6.33 Å². The summed E-state index contributed by atoms with van der Waals surface area (Å²) in [5, 5.41) is 3.85. The van der Waals surface area contributed by atoms with Crippen molar-refractivity contribution in [1.82, 2.24) is 14.8 Å². The molecule has 0 saturated heterocycles. The molecule has 1 heterocycles. The molecule has 0 saturated carbocycles. The van der Waals surface area contributed by atoms with Gasteiger partial charge >= 0.3 is 0 Å². The molecule has 54 valence electrons. The second-order valence-corrected chi connectivity index (χ2v) is 2.23. The molecule has 1 unspecified atom stereocenters. The minimum Gasteiger partial charge on any atom is -0.303 e. The summed E-state index contributed by atoms with van der Waals surface area (Å²) in [5.41, 5.74) is 0. The van der Waals surface area contributed by atoms with E-state index in [0.29, 0.717) is 6.54 Å². The lowest BCUT2D eigenvalue weighted by Crippen LogP contribution is -2.08. The van der Waals surface area contributed by atoms with E-state index in [-0.39, 0.29) is 5.92 Å². The van der Waals surface area contributed by atoms with Crippen LogP contribution in [0.1, 0.15) is 6.92 Å². The van der Waals surface area contributed by atoms with Gasteiger partial charge in [-0.3, -0.25) is 4.68 Å². The van der Waals surface area contributed by atoms with Crippen LogP contribution in [-0.2, 0) is 11.3 Å². The van der Waals surface area contributed by atoms with Gasteiger partial charge in [-0.1, -0.05) is 6.92 Å². The zero-order chi connectivity index (χ0) is 7.40. The smallest absolute Gasteiger partial charge is 0.137 e. The molecule has 0 aliphatic carbocycles. The van der Waals surface area contributed by atoms with E-state index in [0.717, 1.165) is 6.29 Å². The summed E-state index contributed by atoms with van der Waals surface area (Å²) >= 11 is 0. The lowest BCUT2D eigenvalue weighted by molar-refractivity contribution is -0.111. The molecule has 0 spiro atoms. The van der Waals surface area contributed by atoms with E-state index in [4.69, 9.17) is 0 Å². The third-order valence-corrected chi connectivity index (χ3v) is 1.17. The van der Waals surface area contributed by atoms with E-state index in [9.17, 15) is 4.79 Å². The van der Waals surface area contributed by atoms with Crippen LogP contribution in [-0.4, -0.2) is 21.1 Å². The van der Waals surface area contributed by atoms with Crippen molar-refractivity contribution in [2.24, 2.45) is 5.92 Å². The standard InChI is InChI=1S/C6H9N3O/c1-6(3-10)2-9-5-7-4-8-9/h3-6H,2H2,1H3. The van der Waals surface area contributed by atoms with Crippen molar-refractivity contribution in [2.45, 2.75) is 13.5 Å². The minimum absolute atomic E-state index is 0.0155. The monoisotopic (exact) mass is 139 g/mol. The maximum atomic E-state index is 10.2. The molecule has 10 heavy (non-hydrogen) atoms. The molecular formula is C6H9N3O. The predicted molar refractivity (Wildman–Crippen MR) is 35.2 cm³/mol. The van der Waals surface area contributed by atoms with Crippen LogP contribution in [0.5, 0.6) is 0 Å². The number of aromatic nitrogens is 3. The van der Waals surface area contributed by atoms with Gasteiger partial charge in [-0.2, -0.15) is 5.10 Å². The SMILES string of the molecule is CC(C=O)Cn1cncn1. The number of rotatable bonds is 3. The fourth-order valence-electron chi connectivity index (χ4n) is 0.665. The highest BCUT2D eigenvalue weighted by molar-refractivity contribution is 5.52. The summed E-state index contributed by atoms with van der Waals surface area (Å²) in [6.07, 6.45) is 3.96. The molecule has 0 fully saturated rings. The van der Waals surface area contributed by atoms with Gasteiger partial charge in [0.1, 0.15) is 18.9 Å². The molecule has 4 heteroatoms. The Morgan fingerprint density at radius 1 is 1.80 bits per heavy atom. The second-order valence-electron chi connectivity index (χ2n) is 2.23. The summed E-state index contributed by atoms with van der Waals surface area (Å²) in [7, 11) is 0. The van der Waals surface area contributed by atoms with Crippen LogP contribution in [0.4, 0.5) is 0 Å². The van der Waals surface area contributed by atoms with Crippen molar-refractivity contribution in [3.05, 3.63) is 12.7 Å². The maximum absolute atomic E-state index is 10.2. The number of hydrogen-bond acceptors (Lipinski definition) is 3. The predicted octanol–water partition coefficient (Wildman–Crippen LogP) is 0.113. The Labute approximate surface area is 58.9 Å². The van der Waals surface area contributed by atoms with Crippen molar-refractivity contribution in [2.75, 3.05) is 0 Å². The number of aldehydes is 1. The van der Waals surface area contributed by atoms with Crippen LogP contribution in [0.2, 0.25) is 0 Å². The van der Waals surface area contributed by atoms with Crippen molar-refractivity contribution in [3.63, 3.8) is 0 Å². The molecule has 0 aliphatic heterocycles. The number of hydrogen-bond donors (Lipinski definition) is 0. The molecule has 4 nitrogen and oxygen atoms in total. The van der Waals surface area contributed by atoms with E-state index in [2.05, 4.69) is 10.1 Å². The van der Waals surface area contributed by atoms with Crippen LogP contribution in [0, 0.1) is 5.92 Å². The van der Waals surface area contributed by atoms with E-state index in [1.54, 1.807) is 11.0 Å². The molecule has 1 aromatic heterocycles. The molecule has 1 aromatic rings. The Kier molecular flexibility index (Phi) is 2.15. The lowest BCUT2D eigenvalue weighted by Gasteiger charge is -2.00. The van der Waals surface area contributed by atoms with Gasteiger partial charge in [0.05, 0.1) is 6.54 Å². The highest BCUT2D eigenvalue weighted by Gasteiger charge is 1.99. The first kappa shape index (κ1) is 6.92. The molecule has 0 amide bonds. The molecular weight excluding hydrogens is 130 g/mol. The summed E-state index contributed by atoms with van der Waals surface area (Å²) < 4.78 is 1.64. The molecule has 0 radical (unpaired) electrons. The molecule has 0 N–H and O–H groups in total. The van der Waals surface area contributed by atoms with Crippen LogP contribution in [0.15, 0.2) is 12.7 Å². The quantitative estimate of drug-likeness (QED) is 0.558. The van der Waals surface area contributed by atoms with E-state index in [1.807, 2.05) is 6.92 Å². The van der Waals surface area contributed by atoms with Gasteiger partial charge in [-0.25, -0.2) is 4.98 Å². The van der Waals surface area contributed by atoms with Crippen molar-refractivity contribution in [3.8, 4) is 0 Å². The van der Waals surface area contributed by atoms with Gasteiger partial charge in [-0.15, -0.1) is 0 Å². The fourth-order valence-corrected chi connectivity index (χ4v) is 0.665. The van der Waals surface area contributed by atoms with Crippen molar-refractivity contribution < 1.29 is 4.79 Å². The Hall–Kier alpha value is -1.19. The van der Waals surface area contributed by atoms with E-state index < -0.39 is 0 Å². The topological polar surface area (TPSA) is 47.8 Å². The number of carbonyl (C=O) groups excluding carboxylic acids is 1.